The number of rotatable bonds is 4. The molecule has 0 amide bonds. The summed E-state index contributed by atoms with van der Waals surface area (Å²) in [5.41, 5.74) is -1.38. The van der Waals surface area contributed by atoms with Crippen LogP contribution in [0, 0.1) is 11.3 Å². The van der Waals surface area contributed by atoms with Gasteiger partial charge in [-0.3, -0.25) is 4.79 Å². The molecule has 0 radical (unpaired) electrons. The predicted octanol–water partition coefficient (Wildman–Crippen LogP) is 4.41. The van der Waals surface area contributed by atoms with E-state index in [4.69, 9.17) is 5.11 Å². The second-order valence-electron chi connectivity index (χ2n) is 6.09. The number of carbonyl (C=O) groups is 1. The van der Waals surface area contributed by atoms with Gasteiger partial charge in [-0.25, -0.2) is 9.78 Å². The van der Waals surface area contributed by atoms with Crippen LogP contribution in [-0.2, 0) is 6.18 Å². The van der Waals surface area contributed by atoms with Crippen LogP contribution in [0.2, 0.25) is 0 Å². The minimum atomic E-state index is -4.70. The molecule has 3 rings (SSSR count). The number of H-pyrrole nitrogens is 1. The third kappa shape index (κ3) is 4.21. The van der Waals surface area contributed by atoms with Gasteiger partial charge in [-0.2, -0.15) is 18.4 Å². The molecule has 0 saturated carbocycles. The number of halogens is 3. The molecule has 0 aliphatic heterocycles. The van der Waals surface area contributed by atoms with E-state index >= 15 is 0 Å². The highest BCUT2D eigenvalue weighted by molar-refractivity contribution is 7.98. The summed E-state index contributed by atoms with van der Waals surface area (Å²) in [6.07, 6.45) is -3.00. The number of hydrogen-bond acceptors (Lipinski definition) is 5. The topological polar surface area (TPSA) is 107 Å². The van der Waals surface area contributed by atoms with Crippen molar-refractivity contribution < 1.29 is 23.1 Å². The molecule has 3 aromatic rings. The van der Waals surface area contributed by atoms with E-state index in [1.807, 2.05) is 0 Å². The van der Waals surface area contributed by atoms with E-state index in [0.29, 0.717) is 22.3 Å². The van der Waals surface area contributed by atoms with Crippen LogP contribution in [0.25, 0.3) is 22.4 Å². The van der Waals surface area contributed by atoms with Gasteiger partial charge in [-0.15, -0.1) is 0 Å². The number of alkyl halides is 3. The summed E-state index contributed by atoms with van der Waals surface area (Å²) in [6.45, 7) is 0. The molecule has 1 heterocycles. The summed E-state index contributed by atoms with van der Waals surface area (Å²) in [4.78, 5) is 30.0. The Morgan fingerprint density at radius 3 is 2.30 bits per heavy atom. The molecule has 1 aromatic heterocycles. The zero-order valence-corrected chi connectivity index (χ0v) is 16.1. The molecule has 0 atom stereocenters. The van der Waals surface area contributed by atoms with Gasteiger partial charge in [0.2, 0.25) is 0 Å². The molecule has 2 aromatic carbocycles. The molecule has 0 spiro atoms. The molecule has 0 aliphatic carbocycles. The third-order valence-corrected chi connectivity index (χ3v) is 4.78. The zero-order valence-electron chi connectivity index (χ0n) is 15.2. The number of benzene rings is 2. The van der Waals surface area contributed by atoms with Crippen LogP contribution in [0.1, 0.15) is 21.5 Å². The molecule has 0 aliphatic rings. The van der Waals surface area contributed by atoms with Crippen molar-refractivity contribution in [1.29, 1.82) is 5.26 Å². The molecule has 152 valence electrons. The van der Waals surface area contributed by atoms with Crippen molar-refractivity contribution in [2.75, 3.05) is 6.26 Å². The van der Waals surface area contributed by atoms with E-state index in [1.54, 1.807) is 12.3 Å². The highest BCUT2D eigenvalue weighted by Gasteiger charge is 2.32. The van der Waals surface area contributed by atoms with Crippen molar-refractivity contribution in [3.63, 3.8) is 0 Å². The fraction of sp³-hybridized carbons (Fsp3) is 0.100. The van der Waals surface area contributed by atoms with E-state index in [1.165, 1.54) is 36.0 Å². The van der Waals surface area contributed by atoms with Crippen LogP contribution in [0.3, 0.4) is 0 Å². The number of nitrogens with zero attached hydrogens (tertiary/aromatic N) is 2. The number of nitriles is 1. The van der Waals surface area contributed by atoms with Crippen LogP contribution in [0.15, 0.2) is 52.4 Å². The van der Waals surface area contributed by atoms with Crippen molar-refractivity contribution >= 4 is 17.7 Å². The lowest BCUT2D eigenvalue weighted by Crippen LogP contribution is -2.14. The van der Waals surface area contributed by atoms with Gasteiger partial charge >= 0.3 is 12.1 Å². The smallest absolute Gasteiger partial charge is 0.416 e. The molecule has 10 heteroatoms. The zero-order chi connectivity index (χ0) is 22.1. The molecule has 2 N–H and O–H groups in total. The number of hydrogen-bond donors (Lipinski definition) is 2. The van der Waals surface area contributed by atoms with Gasteiger partial charge in [-0.05, 0) is 35.6 Å². The van der Waals surface area contributed by atoms with Gasteiger partial charge in [0, 0.05) is 5.56 Å². The van der Waals surface area contributed by atoms with Gasteiger partial charge in [0.1, 0.15) is 11.6 Å². The standard InChI is InChI=1S/C20H12F3N3O3S/c1-30-19-25-16(15(9-24)17(27)26-19)11-4-2-10(3-5-11)12-6-13(18(28)29)8-14(7-12)20(21,22)23/h2-8H,1H3,(H,28,29)(H,25,26,27). The van der Waals surface area contributed by atoms with E-state index in [-0.39, 0.29) is 16.8 Å². The molecule has 0 bridgehead atoms. The Bertz CT molecular complexity index is 1230. The summed E-state index contributed by atoms with van der Waals surface area (Å²) in [7, 11) is 0. The van der Waals surface area contributed by atoms with Crippen LogP contribution in [0.4, 0.5) is 13.2 Å². The molecule has 0 saturated heterocycles. The summed E-state index contributed by atoms with van der Waals surface area (Å²) in [6, 6.07) is 10.3. The number of thioether (sulfide) groups is 1. The lowest BCUT2D eigenvalue weighted by Gasteiger charge is -2.11. The predicted molar refractivity (Wildman–Crippen MR) is 104 cm³/mol. The monoisotopic (exact) mass is 431 g/mol. The Hall–Kier alpha value is -3.58. The maximum absolute atomic E-state index is 13.1. The highest BCUT2D eigenvalue weighted by Crippen LogP contribution is 2.34. The van der Waals surface area contributed by atoms with Gasteiger partial charge in [0.25, 0.3) is 5.56 Å². The average molecular weight is 431 g/mol. The number of carboxylic acid groups (broad SMARTS) is 1. The normalized spacial score (nSPS) is 11.2. The molecule has 0 fully saturated rings. The Labute approximate surface area is 172 Å². The van der Waals surface area contributed by atoms with Crippen LogP contribution >= 0.6 is 11.8 Å². The largest absolute Gasteiger partial charge is 0.478 e. The first kappa shape index (κ1) is 21.1. The van der Waals surface area contributed by atoms with E-state index in [2.05, 4.69) is 9.97 Å². The lowest BCUT2D eigenvalue weighted by atomic mass is 9.97. The lowest BCUT2D eigenvalue weighted by molar-refractivity contribution is -0.137. The van der Waals surface area contributed by atoms with Crippen LogP contribution in [-0.4, -0.2) is 27.3 Å². The van der Waals surface area contributed by atoms with Gasteiger partial charge in [0.05, 0.1) is 16.8 Å². The summed E-state index contributed by atoms with van der Waals surface area (Å²) < 4.78 is 39.4. The van der Waals surface area contributed by atoms with Crippen molar-refractivity contribution in [2.45, 2.75) is 11.3 Å². The Morgan fingerprint density at radius 2 is 1.77 bits per heavy atom. The van der Waals surface area contributed by atoms with Crippen LogP contribution < -0.4 is 5.56 Å². The van der Waals surface area contributed by atoms with Crippen molar-refractivity contribution in [2.24, 2.45) is 0 Å². The Morgan fingerprint density at radius 1 is 1.13 bits per heavy atom. The first-order valence-electron chi connectivity index (χ1n) is 8.29. The maximum atomic E-state index is 13.1. The summed E-state index contributed by atoms with van der Waals surface area (Å²) in [5.74, 6) is -1.48. The van der Waals surface area contributed by atoms with Gasteiger partial charge in [-0.1, -0.05) is 36.0 Å². The number of aromatic nitrogens is 2. The molecule has 6 nitrogen and oxygen atoms in total. The quantitative estimate of drug-likeness (QED) is 0.468. The molecular weight excluding hydrogens is 419 g/mol. The fourth-order valence-corrected chi connectivity index (χ4v) is 3.14. The maximum Gasteiger partial charge on any atom is 0.416 e. The highest BCUT2D eigenvalue weighted by atomic mass is 32.2. The first-order valence-corrected chi connectivity index (χ1v) is 9.51. The molecule has 30 heavy (non-hydrogen) atoms. The fourth-order valence-electron chi connectivity index (χ4n) is 2.76. The Balaban J connectivity index is 2.11. The number of nitrogens with one attached hydrogen (secondary N) is 1. The van der Waals surface area contributed by atoms with Gasteiger partial charge in [0.15, 0.2) is 5.16 Å². The number of carboxylic acids is 1. The minimum Gasteiger partial charge on any atom is -0.478 e. The molecule has 0 unspecified atom stereocenters. The SMILES string of the molecule is CSc1nc(-c2ccc(-c3cc(C(=O)O)cc(C(F)(F)F)c3)cc2)c(C#N)c(=O)[nH]1. The van der Waals surface area contributed by atoms with Crippen molar-refractivity contribution in [3.05, 3.63) is 69.5 Å². The second-order valence-corrected chi connectivity index (χ2v) is 6.88. The summed E-state index contributed by atoms with van der Waals surface area (Å²) >= 11 is 1.18. The van der Waals surface area contributed by atoms with E-state index in [9.17, 15) is 28.0 Å². The number of aromatic amines is 1. The summed E-state index contributed by atoms with van der Waals surface area (Å²) in [5, 5.41) is 18.7. The van der Waals surface area contributed by atoms with Gasteiger partial charge < -0.3 is 10.1 Å². The second kappa shape index (κ2) is 8.04. The van der Waals surface area contributed by atoms with E-state index in [0.717, 1.165) is 12.1 Å². The number of aromatic carboxylic acids is 1. The first-order chi connectivity index (χ1) is 14.1. The third-order valence-electron chi connectivity index (χ3n) is 4.20. The van der Waals surface area contributed by atoms with Crippen molar-refractivity contribution in [1.82, 2.24) is 9.97 Å². The van der Waals surface area contributed by atoms with Crippen LogP contribution in [0.5, 0.6) is 0 Å². The minimum absolute atomic E-state index is 0.0675. The van der Waals surface area contributed by atoms with E-state index < -0.39 is 28.8 Å². The van der Waals surface area contributed by atoms with Crippen molar-refractivity contribution in [3.8, 4) is 28.5 Å². The Kier molecular flexibility index (Phi) is 5.67. The average Bonchev–Trinajstić information content (AvgIpc) is 2.72. The molecular formula is C20H12F3N3O3S.